The van der Waals surface area contributed by atoms with E-state index in [2.05, 4.69) is 26.1 Å². The van der Waals surface area contributed by atoms with Crippen LogP contribution in [0.2, 0.25) is 0 Å². The number of alkyl halides is 3. The fourth-order valence-electron chi connectivity index (χ4n) is 2.31. The topological polar surface area (TPSA) is 12.0 Å². The van der Waals surface area contributed by atoms with Crippen LogP contribution in [0.3, 0.4) is 0 Å². The maximum atomic E-state index is 12.5. The van der Waals surface area contributed by atoms with Crippen LogP contribution in [0.5, 0.6) is 0 Å². The van der Waals surface area contributed by atoms with Gasteiger partial charge < -0.3 is 5.32 Å². The molecule has 0 heterocycles. The van der Waals surface area contributed by atoms with Crippen LogP contribution in [0.4, 0.5) is 13.2 Å². The minimum Gasteiger partial charge on any atom is -0.317 e. The molecule has 0 saturated carbocycles. The predicted molar refractivity (Wildman–Crippen MR) is 72.0 cm³/mol. The van der Waals surface area contributed by atoms with E-state index >= 15 is 0 Å². The molecule has 1 aromatic carbocycles. The number of nitrogens with one attached hydrogen (secondary N) is 1. The van der Waals surface area contributed by atoms with E-state index in [-0.39, 0.29) is 0 Å². The minimum atomic E-state index is -4.26. The normalized spacial score (nSPS) is 15.6. The summed E-state index contributed by atoms with van der Waals surface area (Å²) in [5, 5.41) is 3.22. The second kappa shape index (κ2) is 6.42. The molecule has 0 fully saturated rings. The molecule has 2 unspecified atom stereocenters. The summed E-state index contributed by atoms with van der Waals surface area (Å²) in [4.78, 5) is 0. The second-order valence-electron chi connectivity index (χ2n) is 5.38. The van der Waals surface area contributed by atoms with Crippen molar-refractivity contribution >= 4 is 0 Å². The molecule has 0 spiro atoms. The third kappa shape index (κ3) is 4.53. The summed E-state index contributed by atoms with van der Waals surface area (Å²) >= 11 is 0. The van der Waals surface area contributed by atoms with E-state index in [0.717, 1.165) is 24.1 Å². The molecule has 0 bridgehead atoms. The van der Waals surface area contributed by atoms with Crippen LogP contribution in [-0.2, 0) is 12.6 Å². The van der Waals surface area contributed by atoms with Gasteiger partial charge in [-0.25, -0.2) is 0 Å². The molecule has 0 aliphatic heterocycles. The van der Waals surface area contributed by atoms with Crippen molar-refractivity contribution in [3.8, 4) is 0 Å². The number of hydrogen-bond donors (Lipinski definition) is 1. The van der Waals surface area contributed by atoms with Gasteiger partial charge in [-0.3, -0.25) is 0 Å². The lowest BCUT2D eigenvalue weighted by Gasteiger charge is -2.27. The van der Waals surface area contributed by atoms with Crippen molar-refractivity contribution in [1.82, 2.24) is 5.32 Å². The Morgan fingerprint density at radius 2 is 1.58 bits per heavy atom. The van der Waals surface area contributed by atoms with E-state index in [1.54, 1.807) is 12.1 Å². The van der Waals surface area contributed by atoms with Crippen molar-refractivity contribution in [3.05, 3.63) is 35.4 Å². The Morgan fingerprint density at radius 3 is 1.95 bits per heavy atom. The zero-order valence-electron chi connectivity index (χ0n) is 11.9. The molecule has 19 heavy (non-hydrogen) atoms. The quantitative estimate of drug-likeness (QED) is 0.850. The molecule has 0 aliphatic carbocycles. The zero-order valence-corrected chi connectivity index (χ0v) is 11.9. The second-order valence-corrected chi connectivity index (χ2v) is 5.38. The average Bonchev–Trinajstić information content (AvgIpc) is 2.34. The van der Waals surface area contributed by atoms with Gasteiger partial charge in [-0.1, -0.05) is 26.0 Å². The van der Waals surface area contributed by atoms with Crippen LogP contribution in [-0.4, -0.2) is 13.1 Å². The maximum absolute atomic E-state index is 12.5. The first-order chi connectivity index (χ1) is 8.75. The van der Waals surface area contributed by atoms with E-state index in [1.807, 2.05) is 7.05 Å². The van der Waals surface area contributed by atoms with Crippen molar-refractivity contribution < 1.29 is 13.2 Å². The highest BCUT2D eigenvalue weighted by Gasteiger charge is 2.30. The van der Waals surface area contributed by atoms with Crippen LogP contribution in [0, 0.1) is 11.8 Å². The Hall–Kier alpha value is -1.03. The molecule has 1 N–H and O–H groups in total. The predicted octanol–water partition coefficient (Wildman–Crippen LogP) is 4.13. The van der Waals surface area contributed by atoms with Gasteiger partial charge in [0.05, 0.1) is 5.56 Å². The lowest BCUT2D eigenvalue weighted by atomic mass is 9.84. The molecule has 0 radical (unpaired) electrons. The summed E-state index contributed by atoms with van der Waals surface area (Å²) in [6.07, 6.45) is -3.47. The lowest BCUT2D eigenvalue weighted by molar-refractivity contribution is -0.137. The zero-order chi connectivity index (χ0) is 14.6. The fraction of sp³-hybridized carbons (Fsp3) is 0.600. The van der Waals surface area contributed by atoms with Crippen molar-refractivity contribution in [1.29, 1.82) is 0 Å². The summed E-state index contributed by atoms with van der Waals surface area (Å²) in [6, 6.07) is 5.83. The van der Waals surface area contributed by atoms with Gasteiger partial charge in [0, 0.05) is 6.04 Å². The lowest BCUT2D eigenvalue weighted by Crippen LogP contribution is -2.35. The Balaban J connectivity index is 2.81. The molecule has 1 nitrogen and oxygen atoms in total. The largest absolute Gasteiger partial charge is 0.416 e. The summed E-state index contributed by atoms with van der Waals surface area (Å²) in [5.41, 5.74) is 0.368. The van der Waals surface area contributed by atoms with Gasteiger partial charge in [-0.15, -0.1) is 0 Å². The molecule has 0 amide bonds. The maximum Gasteiger partial charge on any atom is 0.416 e. The SMILES string of the molecule is CNC(C)C(Cc1ccc(C(F)(F)F)cc1)C(C)C. The molecule has 0 aliphatic rings. The van der Waals surface area contributed by atoms with E-state index < -0.39 is 11.7 Å². The summed E-state index contributed by atoms with van der Waals surface area (Å²) in [6.45, 7) is 6.39. The van der Waals surface area contributed by atoms with E-state index in [9.17, 15) is 13.2 Å². The highest BCUT2D eigenvalue weighted by molar-refractivity contribution is 5.25. The van der Waals surface area contributed by atoms with Gasteiger partial charge in [0.15, 0.2) is 0 Å². The summed E-state index contributed by atoms with van der Waals surface area (Å²) in [5.74, 6) is 0.881. The fourth-order valence-corrected chi connectivity index (χ4v) is 2.31. The standard InChI is InChI=1S/C15H22F3N/c1-10(2)14(11(3)19-4)9-12-5-7-13(8-6-12)15(16,17)18/h5-8,10-11,14,19H,9H2,1-4H3. The van der Waals surface area contributed by atoms with E-state index in [1.165, 1.54) is 0 Å². The Bertz CT molecular complexity index is 381. The van der Waals surface area contributed by atoms with Crippen molar-refractivity contribution in [3.63, 3.8) is 0 Å². The molecule has 2 atom stereocenters. The number of rotatable bonds is 5. The highest BCUT2D eigenvalue weighted by Crippen LogP contribution is 2.30. The van der Waals surface area contributed by atoms with Gasteiger partial charge in [0.25, 0.3) is 0 Å². The van der Waals surface area contributed by atoms with Gasteiger partial charge in [0.2, 0.25) is 0 Å². The number of benzene rings is 1. The van der Waals surface area contributed by atoms with Gasteiger partial charge in [0.1, 0.15) is 0 Å². The Morgan fingerprint density at radius 1 is 1.05 bits per heavy atom. The van der Waals surface area contributed by atoms with Crippen molar-refractivity contribution in [2.45, 2.75) is 39.4 Å². The highest BCUT2D eigenvalue weighted by atomic mass is 19.4. The van der Waals surface area contributed by atoms with Gasteiger partial charge >= 0.3 is 6.18 Å². The Kier molecular flexibility index (Phi) is 5.41. The van der Waals surface area contributed by atoms with Crippen LogP contribution in [0.1, 0.15) is 31.9 Å². The average molecular weight is 273 g/mol. The van der Waals surface area contributed by atoms with Crippen molar-refractivity contribution in [2.75, 3.05) is 7.05 Å². The van der Waals surface area contributed by atoms with Crippen LogP contribution in [0.15, 0.2) is 24.3 Å². The van der Waals surface area contributed by atoms with Gasteiger partial charge in [-0.2, -0.15) is 13.2 Å². The summed E-state index contributed by atoms with van der Waals surface area (Å²) in [7, 11) is 1.91. The number of hydrogen-bond acceptors (Lipinski definition) is 1. The van der Waals surface area contributed by atoms with Crippen LogP contribution >= 0.6 is 0 Å². The summed E-state index contributed by atoms with van der Waals surface area (Å²) < 4.78 is 37.4. The molecular formula is C15H22F3N. The Labute approximate surface area is 113 Å². The molecule has 1 rings (SSSR count). The van der Waals surface area contributed by atoms with Crippen LogP contribution in [0.25, 0.3) is 0 Å². The minimum absolute atomic E-state index is 0.335. The van der Waals surface area contributed by atoms with Crippen LogP contribution < -0.4 is 5.32 Å². The molecule has 4 heteroatoms. The molecule has 0 saturated heterocycles. The monoisotopic (exact) mass is 273 g/mol. The molecule has 108 valence electrons. The van der Waals surface area contributed by atoms with E-state index in [0.29, 0.717) is 17.9 Å². The molecular weight excluding hydrogens is 251 g/mol. The van der Waals surface area contributed by atoms with Crippen molar-refractivity contribution in [2.24, 2.45) is 11.8 Å². The number of halogens is 3. The third-order valence-corrected chi connectivity index (χ3v) is 3.71. The third-order valence-electron chi connectivity index (χ3n) is 3.71. The first-order valence-electron chi connectivity index (χ1n) is 6.59. The first kappa shape index (κ1) is 16.0. The molecule has 0 aromatic heterocycles. The van der Waals surface area contributed by atoms with E-state index in [4.69, 9.17) is 0 Å². The smallest absolute Gasteiger partial charge is 0.317 e. The molecule has 1 aromatic rings. The van der Waals surface area contributed by atoms with Gasteiger partial charge in [-0.05, 0) is 49.9 Å². The first-order valence-corrected chi connectivity index (χ1v) is 6.59.